The van der Waals surface area contributed by atoms with Gasteiger partial charge in [0.15, 0.2) is 0 Å². The molecule has 0 aliphatic heterocycles. The van der Waals surface area contributed by atoms with Crippen LogP contribution in [0, 0.1) is 13.8 Å². The maximum absolute atomic E-state index is 11.9. The number of nitrogens with one attached hydrogen (secondary N) is 2. The van der Waals surface area contributed by atoms with Gasteiger partial charge in [0.05, 0.1) is 0 Å². The van der Waals surface area contributed by atoms with Gasteiger partial charge in [0, 0.05) is 11.9 Å². The number of amides is 1. The van der Waals surface area contributed by atoms with Crippen LogP contribution in [0.4, 0.5) is 5.95 Å². The number of aromatic nitrogens is 7. The number of carbonyl (C=O) groups excluding carboxylic acids is 1. The molecule has 0 fully saturated rings. The Labute approximate surface area is 107 Å². The van der Waals surface area contributed by atoms with E-state index in [0.29, 0.717) is 11.6 Å². The van der Waals surface area contributed by atoms with Gasteiger partial charge in [-0.3, -0.25) is 15.2 Å². The molecule has 19 heavy (non-hydrogen) atoms. The van der Waals surface area contributed by atoms with Gasteiger partial charge in [-0.2, -0.15) is 9.97 Å². The molecule has 0 saturated heterocycles. The van der Waals surface area contributed by atoms with E-state index in [0.717, 1.165) is 5.69 Å². The minimum Gasteiger partial charge on any atom is -0.286 e. The van der Waals surface area contributed by atoms with E-state index in [-0.39, 0.29) is 11.8 Å². The van der Waals surface area contributed by atoms with Crippen LogP contribution in [-0.4, -0.2) is 40.7 Å². The molecule has 2 N–H and O–H groups in total. The summed E-state index contributed by atoms with van der Waals surface area (Å²) in [4.78, 5) is 24.0. The SMILES string of the molecule is Cc1nc(NC(=O)c2nc3nccc(C)n3n2)n[nH]1. The number of aryl methyl sites for hydroxylation is 2. The van der Waals surface area contributed by atoms with Crippen LogP contribution in [0.25, 0.3) is 5.78 Å². The minimum atomic E-state index is -0.482. The maximum atomic E-state index is 11.9. The first-order valence-corrected chi connectivity index (χ1v) is 5.52. The summed E-state index contributed by atoms with van der Waals surface area (Å²) >= 11 is 0. The highest BCUT2D eigenvalue weighted by atomic mass is 16.2. The van der Waals surface area contributed by atoms with E-state index in [1.54, 1.807) is 19.2 Å². The molecule has 0 atom stereocenters. The Hall–Kier alpha value is -2.84. The number of H-pyrrole nitrogens is 1. The number of hydrogen-bond acceptors (Lipinski definition) is 6. The molecular formula is C10H10N8O. The predicted octanol–water partition coefficient (Wildman–Crippen LogP) is 0.112. The molecule has 0 aliphatic carbocycles. The lowest BCUT2D eigenvalue weighted by molar-refractivity contribution is 0.101. The van der Waals surface area contributed by atoms with Crippen molar-refractivity contribution < 1.29 is 4.79 Å². The van der Waals surface area contributed by atoms with E-state index in [9.17, 15) is 4.79 Å². The van der Waals surface area contributed by atoms with E-state index in [2.05, 4.69) is 35.6 Å². The van der Waals surface area contributed by atoms with Crippen LogP contribution in [0.2, 0.25) is 0 Å². The van der Waals surface area contributed by atoms with Crippen LogP contribution in [0.15, 0.2) is 12.3 Å². The lowest BCUT2D eigenvalue weighted by atomic mass is 10.5. The molecule has 0 saturated carbocycles. The first-order valence-electron chi connectivity index (χ1n) is 5.52. The van der Waals surface area contributed by atoms with Crippen molar-refractivity contribution >= 4 is 17.6 Å². The molecule has 0 bridgehead atoms. The Kier molecular flexibility index (Phi) is 2.44. The van der Waals surface area contributed by atoms with Gasteiger partial charge in [0.2, 0.25) is 11.8 Å². The average molecular weight is 258 g/mol. The van der Waals surface area contributed by atoms with E-state index in [1.165, 1.54) is 4.52 Å². The number of nitrogens with zero attached hydrogens (tertiary/aromatic N) is 6. The van der Waals surface area contributed by atoms with Crippen LogP contribution in [0.3, 0.4) is 0 Å². The number of aromatic amines is 1. The second-order valence-corrected chi connectivity index (χ2v) is 3.93. The summed E-state index contributed by atoms with van der Waals surface area (Å²) in [6.45, 7) is 3.59. The molecule has 0 aliphatic rings. The quantitative estimate of drug-likeness (QED) is 0.674. The van der Waals surface area contributed by atoms with Crippen molar-refractivity contribution in [2.45, 2.75) is 13.8 Å². The molecule has 1 amide bonds. The van der Waals surface area contributed by atoms with Gasteiger partial charge in [-0.05, 0) is 19.9 Å². The Morgan fingerprint density at radius 3 is 2.89 bits per heavy atom. The normalized spacial score (nSPS) is 10.8. The number of fused-ring (bicyclic) bond motifs is 1. The number of anilines is 1. The lowest BCUT2D eigenvalue weighted by Gasteiger charge is -1.94. The van der Waals surface area contributed by atoms with Crippen LogP contribution in [0.1, 0.15) is 22.1 Å². The fourth-order valence-corrected chi connectivity index (χ4v) is 1.56. The van der Waals surface area contributed by atoms with Gasteiger partial charge in [-0.1, -0.05) is 0 Å². The summed E-state index contributed by atoms with van der Waals surface area (Å²) in [7, 11) is 0. The fraction of sp³-hybridized carbons (Fsp3) is 0.200. The summed E-state index contributed by atoms with van der Waals surface area (Å²) in [6, 6.07) is 1.78. The van der Waals surface area contributed by atoms with Crippen molar-refractivity contribution in [1.82, 2.24) is 34.8 Å². The molecule has 96 valence electrons. The highest BCUT2D eigenvalue weighted by molar-refractivity contribution is 6.00. The first kappa shape index (κ1) is 11.3. The molecular weight excluding hydrogens is 248 g/mol. The average Bonchev–Trinajstić information content (AvgIpc) is 2.96. The van der Waals surface area contributed by atoms with Crippen molar-refractivity contribution in [2.24, 2.45) is 0 Å². The third-order valence-electron chi connectivity index (χ3n) is 2.46. The summed E-state index contributed by atoms with van der Waals surface area (Å²) in [5.74, 6) is 0.700. The summed E-state index contributed by atoms with van der Waals surface area (Å²) in [5, 5.41) is 13.0. The zero-order valence-corrected chi connectivity index (χ0v) is 10.2. The van der Waals surface area contributed by atoms with E-state index < -0.39 is 5.91 Å². The molecule has 3 rings (SSSR count). The van der Waals surface area contributed by atoms with Crippen molar-refractivity contribution in [3.63, 3.8) is 0 Å². The third kappa shape index (κ3) is 2.01. The van der Waals surface area contributed by atoms with E-state index in [4.69, 9.17) is 0 Å². The molecule has 3 heterocycles. The van der Waals surface area contributed by atoms with Crippen molar-refractivity contribution in [3.05, 3.63) is 29.6 Å². The van der Waals surface area contributed by atoms with E-state index >= 15 is 0 Å². The van der Waals surface area contributed by atoms with Crippen LogP contribution < -0.4 is 5.32 Å². The topological polar surface area (TPSA) is 114 Å². The van der Waals surface area contributed by atoms with Gasteiger partial charge in [-0.25, -0.2) is 9.50 Å². The zero-order chi connectivity index (χ0) is 13.4. The molecule has 3 aromatic heterocycles. The fourth-order valence-electron chi connectivity index (χ4n) is 1.56. The molecule has 9 nitrogen and oxygen atoms in total. The molecule has 9 heteroatoms. The highest BCUT2D eigenvalue weighted by Crippen LogP contribution is 2.04. The standard InChI is InChI=1S/C10H10N8O/c1-5-3-4-11-10-13-7(17-18(5)10)8(19)14-9-12-6(2)15-16-9/h3-4H,1-2H3,(H2,12,14,15,16,19). The number of carbonyl (C=O) groups is 1. The lowest BCUT2D eigenvalue weighted by Crippen LogP contribution is -2.15. The third-order valence-corrected chi connectivity index (χ3v) is 2.46. The summed E-state index contributed by atoms with van der Waals surface area (Å²) in [5.41, 5.74) is 0.838. The van der Waals surface area contributed by atoms with Gasteiger partial charge >= 0.3 is 0 Å². The van der Waals surface area contributed by atoms with Gasteiger partial charge in [0.25, 0.3) is 11.7 Å². The van der Waals surface area contributed by atoms with Gasteiger partial charge in [-0.15, -0.1) is 10.2 Å². The van der Waals surface area contributed by atoms with Crippen molar-refractivity contribution in [2.75, 3.05) is 5.32 Å². The zero-order valence-electron chi connectivity index (χ0n) is 10.2. The maximum Gasteiger partial charge on any atom is 0.297 e. The van der Waals surface area contributed by atoms with Crippen LogP contribution in [0.5, 0.6) is 0 Å². The second kappa shape index (κ2) is 4.12. The largest absolute Gasteiger partial charge is 0.297 e. The molecule has 3 aromatic rings. The van der Waals surface area contributed by atoms with Gasteiger partial charge < -0.3 is 0 Å². The van der Waals surface area contributed by atoms with Crippen molar-refractivity contribution in [3.8, 4) is 0 Å². The van der Waals surface area contributed by atoms with E-state index in [1.807, 2.05) is 6.92 Å². The number of hydrogen-bond donors (Lipinski definition) is 2. The van der Waals surface area contributed by atoms with Crippen molar-refractivity contribution in [1.29, 1.82) is 0 Å². The summed E-state index contributed by atoms with van der Waals surface area (Å²) < 4.78 is 1.50. The van der Waals surface area contributed by atoms with Crippen LogP contribution >= 0.6 is 0 Å². The van der Waals surface area contributed by atoms with Gasteiger partial charge in [0.1, 0.15) is 5.82 Å². The summed E-state index contributed by atoms with van der Waals surface area (Å²) in [6.07, 6.45) is 1.61. The Balaban J connectivity index is 1.91. The highest BCUT2D eigenvalue weighted by Gasteiger charge is 2.15. The predicted molar refractivity (Wildman–Crippen MR) is 64.6 cm³/mol. The van der Waals surface area contributed by atoms with Crippen LogP contribution in [-0.2, 0) is 0 Å². The Morgan fingerprint density at radius 2 is 2.21 bits per heavy atom. The molecule has 0 spiro atoms. The molecule has 0 radical (unpaired) electrons. The second-order valence-electron chi connectivity index (χ2n) is 3.93. The monoisotopic (exact) mass is 258 g/mol. The molecule has 0 aromatic carbocycles. The smallest absolute Gasteiger partial charge is 0.286 e. The Morgan fingerprint density at radius 1 is 1.37 bits per heavy atom. The molecule has 0 unspecified atom stereocenters. The number of rotatable bonds is 2. The Bertz CT molecular complexity index is 758. The minimum absolute atomic E-state index is 0.0178. The first-order chi connectivity index (χ1) is 9.13.